The molecular weight excluding hydrogens is 316 g/mol. The van der Waals surface area contributed by atoms with Gasteiger partial charge in [-0.15, -0.1) is 5.10 Å². The first kappa shape index (κ1) is 16.6. The number of hydrogen-bond donors (Lipinski definition) is 2. The van der Waals surface area contributed by atoms with Crippen LogP contribution in [0.15, 0.2) is 55.0 Å². The highest BCUT2D eigenvalue weighted by molar-refractivity contribution is 5.38. The van der Waals surface area contributed by atoms with Crippen molar-refractivity contribution in [3.8, 4) is 5.75 Å². The van der Waals surface area contributed by atoms with Crippen LogP contribution in [0.4, 0.5) is 11.8 Å². The maximum absolute atomic E-state index is 5.35. The highest BCUT2D eigenvalue weighted by atomic mass is 16.5. The molecule has 0 aliphatic heterocycles. The Kier molecular flexibility index (Phi) is 5.71. The van der Waals surface area contributed by atoms with Gasteiger partial charge in [0, 0.05) is 25.5 Å². The summed E-state index contributed by atoms with van der Waals surface area (Å²) in [5.41, 5.74) is 2.21. The molecule has 0 aliphatic carbocycles. The summed E-state index contributed by atoms with van der Waals surface area (Å²) in [5.74, 6) is 2.04. The molecule has 2 aromatic heterocycles. The monoisotopic (exact) mass is 336 g/mol. The molecule has 0 atom stereocenters. The summed E-state index contributed by atoms with van der Waals surface area (Å²) in [6.07, 6.45) is 5.97. The van der Waals surface area contributed by atoms with E-state index in [1.165, 1.54) is 0 Å². The Bertz CT molecular complexity index is 796. The molecule has 1 aromatic carbocycles. The lowest BCUT2D eigenvalue weighted by molar-refractivity contribution is 0.410. The number of nitrogens with zero attached hydrogens (tertiary/aromatic N) is 4. The van der Waals surface area contributed by atoms with Gasteiger partial charge in [-0.25, -0.2) is 0 Å². The van der Waals surface area contributed by atoms with E-state index in [0.717, 1.165) is 23.3 Å². The van der Waals surface area contributed by atoms with Gasteiger partial charge in [-0.05, 0) is 29.7 Å². The largest absolute Gasteiger partial charge is 0.496 e. The summed E-state index contributed by atoms with van der Waals surface area (Å²) in [6.45, 7) is 1.32. The second-order valence-corrected chi connectivity index (χ2v) is 5.37. The molecular formula is C18H20N6O. The van der Waals surface area contributed by atoms with Crippen LogP contribution in [-0.4, -0.2) is 33.8 Å². The molecule has 3 aromatic rings. The smallest absolute Gasteiger partial charge is 0.244 e. The summed E-state index contributed by atoms with van der Waals surface area (Å²) in [5, 5.41) is 14.4. The number of pyridine rings is 1. The minimum absolute atomic E-state index is 0.492. The normalized spacial score (nSPS) is 10.3. The van der Waals surface area contributed by atoms with E-state index in [-0.39, 0.29) is 0 Å². The van der Waals surface area contributed by atoms with Gasteiger partial charge in [0.2, 0.25) is 5.95 Å². The number of benzene rings is 1. The lowest BCUT2D eigenvalue weighted by Gasteiger charge is -2.09. The van der Waals surface area contributed by atoms with Gasteiger partial charge in [0.05, 0.1) is 13.3 Å². The van der Waals surface area contributed by atoms with Crippen LogP contribution in [0.2, 0.25) is 0 Å². The Morgan fingerprint density at radius 1 is 1.04 bits per heavy atom. The van der Waals surface area contributed by atoms with Crippen molar-refractivity contribution in [2.24, 2.45) is 0 Å². The Balaban J connectivity index is 1.53. The fraction of sp³-hybridized carbons (Fsp3) is 0.222. The van der Waals surface area contributed by atoms with Crippen molar-refractivity contribution in [1.82, 2.24) is 20.2 Å². The molecule has 0 saturated heterocycles. The molecule has 0 fully saturated rings. The molecule has 7 nitrogen and oxygen atoms in total. The Morgan fingerprint density at radius 3 is 2.80 bits per heavy atom. The van der Waals surface area contributed by atoms with Gasteiger partial charge >= 0.3 is 0 Å². The van der Waals surface area contributed by atoms with E-state index in [2.05, 4.69) is 30.8 Å². The summed E-state index contributed by atoms with van der Waals surface area (Å²) in [7, 11) is 1.68. The average molecular weight is 336 g/mol. The number of aromatic nitrogens is 4. The van der Waals surface area contributed by atoms with Gasteiger partial charge in [-0.3, -0.25) is 4.98 Å². The van der Waals surface area contributed by atoms with Crippen LogP contribution in [-0.2, 0) is 13.0 Å². The molecule has 3 rings (SSSR count). The van der Waals surface area contributed by atoms with Crippen LogP contribution < -0.4 is 15.4 Å². The average Bonchev–Trinajstić information content (AvgIpc) is 2.68. The fourth-order valence-electron chi connectivity index (χ4n) is 2.38. The zero-order chi connectivity index (χ0) is 17.3. The third kappa shape index (κ3) is 4.87. The predicted molar refractivity (Wildman–Crippen MR) is 96.6 cm³/mol. The van der Waals surface area contributed by atoms with Crippen LogP contribution in [0.25, 0.3) is 0 Å². The highest BCUT2D eigenvalue weighted by Gasteiger charge is 2.03. The van der Waals surface area contributed by atoms with Crippen LogP contribution >= 0.6 is 0 Å². The minimum Gasteiger partial charge on any atom is -0.496 e. The topological polar surface area (TPSA) is 84.9 Å². The van der Waals surface area contributed by atoms with Crippen molar-refractivity contribution < 1.29 is 4.74 Å². The molecule has 128 valence electrons. The summed E-state index contributed by atoms with van der Waals surface area (Å²) < 4.78 is 5.35. The number of rotatable bonds is 8. The van der Waals surface area contributed by atoms with Crippen LogP contribution in [0.1, 0.15) is 11.1 Å². The SMILES string of the molecule is COc1ccccc1CCNc1nncc(NCc2cccnc2)n1. The van der Waals surface area contributed by atoms with E-state index in [4.69, 9.17) is 4.74 Å². The summed E-state index contributed by atoms with van der Waals surface area (Å²) in [4.78, 5) is 8.50. The number of anilines is 2. The van der Waals surface area contributed by atoms with E-state index in [9.17, 15) is 0 Å². The van der Waals surface area contributed by atoms with Crippen molar-refractivity contribution in [2.45, 2.75) is 13.0 Å². The van der Waals surface area contributed by atoms with Gasteiger partial charge < -0.3 is 15.4 Å². The molecule has 7 heteroatoms. The van der Waals surface area contributed by atoms with Crippen LogP contribution in [0.3, 0.4) is 0 Å². The molecule has 25 heavy (non-hydrogen) atoms. The fourth-order valence-corrected chi connectivity index (χ4v) is 2.38. The Labute approximate surface area is 146 Å². The first-order valence-electron chi connectivity index (χ1n) is 8.03. The number of para-hydroxylation sites is 1. The van der Waals surface area contributed by atoms with Crippen molar-refractivity contribution in [3.63, 3.8) is 0 Å². The van der Waals surface area contributed by atoms with Gasteiger partial charge in [0.15, 0.2) is 5.82 Å². The van der Waals surface area contributed by atoms with Gasteiger partial charge in [-0.1, -0.05) is 24.3 Å². The third-order valence-corrected chi connectivity index (χ3v) is 3.63. The highest BCUT2D eigenvalue weighted by Crippen LogP contribution is 2.17. The second kappa shape index (κ2) is 8.58. The van der Waals surface area contributed by atoms with Crippen molar-refractivity contribution >= 4 is 11.8 Å². The predicted octanol–water partition coefficient (Wildman–Crippen LogP) is 2.54. The van der Waals surface area contributed by atoms with Gasteiger partial charge in [0.1, 0.15) is 5.75 Å². The zero-order valence-corrected chi connectivity index (χ0v) is 14.0. The van der Waals surface area contributed by atoms with Crippen LogP contribution in [0, 0.1) is 0 Å². The molecule has 0 radical (unpaired) electrons. The first-order chi connectivity index (χ1) is 12.3. The number of hydrogen-bond acceptors (Lipinski definition) is 7. The third-order valence-electron chi connectivity index (χ3n) is 3.63. The van der Waals surface area contributed by atoms with Crippen molar-refractivity contribution in [1.29, 1.82) is 0 Å². The molecule has 2 heterocycles. The van der Waals surface area contributed by atoms with E-state index < -0.39 is 0 Å². The maximum atomic E-state index is 5.35. The first-order valence-corrected chi connectivity index (χ1v) is 8.03. The van der Waals surface area contributed by atoms with E-state index >= 15 is 0 Å². The molecule has 0 aliphatic rings. The summed E-state index contributed by atoms with van der Waals surface area (Å²) in [6, 6.07) is 11.9. The standard InChI is InChI=1S/C18H20N6O/c1-25-16-7-3-2-6-15(16)8-10-20-18-23-17(13-22-24-18)21-12-14-5-4-9-19-11-14/h2-7,9,11,13H,8,10,12H2,1H3,(H2,20,21,23,24). The lowest BCUT2D eigenvalue weighted by atomic mass is 10.1. The molecule has 0 spiro atoms. The van der Waals surface area contributed by atoms with E-state index in [0.29, 0.717) is 24.9 Å². The quantitative estimate of drug-likeness (QED) is 0.654. The van der Waals surface area contributed by atoms with E-state index in [1.807, 2.05) is 42.6 Å². The molecule has 0 bridgehead atoms. The Morgan fingerprint density at radius 2 is 1.96 bits per heavy atom. The van der Waals surface area contributed by atoms with Crippen molar-refractivity contribution in [2.75, 3.05) is 24.3 Å². The maximum Gasteiger partial charge on any atom is 0.244 e. The molecule has 0 amide bonds. The van der Waals surface area contributed by atoms with Crippen LogP contribution in [0.5, 0.6) is 5.75 Å². The number of nitrogens with one attached hydrogen (secondary N) is 2. The number of ether oxygens (including phenoxy) is 1. The zero-order valence-electron chi connectivity index (χ0n) is 14.0. The molecule has 2 N–H and O–H groups in total. The molecule has 0 unspecified atom stereocenters. The van der Waals surface area contributed by atoms with Gasteiger partial charge in [0.25, 0.3) is 0 Å². The molecule has 0 saturated carbocycles. The Hall–Kier alpha value is -3.22. The van der Waals surface area contributed by atoms with Gasteiger partial charge in [-0.2, -0.15) is 10.1 Å². The second-order valence-electron chi connectivity index (χ2n) is 5.37. The summed E-state index contributed by atoms with van der Waals surface area (Å²) >= 11 is 0. The van der Waals surface area contributed by atoms with Crippen molar-refractivity contribution in [3.05, 3.63) is 66.1 Å². The minimum atomic E-state index is 0.492. The van der Waals surface area contributed by atoms with E-state index in [1.54, 1.807) is 19.5 Å². The number of methoxy groups -OCH3 is 1. The lowest BCUT2D eigenvalue weighted by Crippen LogP contribution is -2.11.